The number of halogens is 4. The lowest BCUT2D eigenvalue weighted by Gasteiger charge is -2.17. The van der Waals surface area contributed by atoms with E-state index in [0.717, 1.165) is 0 Å². The van der Waals surface area contributed by atoms with E-state index < -0.39 is 18.6 Å². The van der Waals surface area contributed by atoms with Gasteiger partial charge in [0.15, 0.2) is 5.92 Å². The van der Waals surface area contributed by atoms with Crippen molar-refractivity contribution >= 4 is 17.3 Å². The van der Waals surface area contributed by atoms with Crippen LogP contribution >= 0.6 is 11.6 Å². The first-order valence-electron chi connectivity index (χ1n) is 5.45. The molecule has 4 nitrogen and oxygen atoms in total. The first kappa shape index (κ1) is 16.2. The number of rotatable bonds is 5. The molecule has 0 saturated carbocycles. The molecule has 8 heteroatoms. The van der Waals surface area contributed by atoms with Crippen LogP contribution in [0.1, 0.15) is 0 Å². The predicted molar refractivity (Wildman–Crippen MR) is 68.2 cm³/mol. The number of ether oxygens (including phenoxy) is 2. The molecule has 110 valence electrons. The Labute approximate surface area is 119 Å². The maximum atomic E-state index is 12.5. The average molecular weight is 309 g/mol. The van der Waals surface area contributed by atoms with Gasteiger partial charge in [0.05, 0.1) is 31.0 Å². The Balaban J connectivity index is 2.95. The molecule has 0 aliphatic rings. The molecule has 0 spiro atoms. The van der Waals surface area contributed by atoms with Crippen LogP contribution in [-0.4, -0.2) is 26.9 Å². The minimum absolute atomic E-state index is 0.259. The fourth-order valence-electron chi connectivity index (χ4n) is 1.45. The third-order valence-corrected chi connectivity index (χ3v) is 2.82. The molecule has 0 heterocycles. The molecule has 0 aliphatic heterocycles. The Hall–Kier alpha value is -1.81. The molecule has 0 aromatic heterocycles. The molecule has 1 N–H and O–H groups in total. The van der Waals surface area contributed by atoms with Gasteiger partial charge in [0.25, 0.3) is 0 Å². The topological polar surface area (TPSA) is 54.3 Å². The number of benzene rings is 1. The van der Waals surface area contributed by atoms with Gasteiger partial charge in [-0.1, -0.05) is 11.6 Å². The van der Waals surface area contributed by atoms with Gasteiger partial charge >= 0.3 is 6.18 Å². The molecule has 1 rings (SSSR count). The quantitative estimate of drug-likeness (QED) is 0.905. The molecule has 0 saturated heterocycles. The Morgan fingerprint density at radius 2 is 1.90 bits per heavy atom. The average Bonchev–Trinajstić information content (AvgIpc) is 2.38. The van der Waals surface area contributed by atoms with Crippen molar-refractivity contribution in [2.45, 2.75) is 6.18 Å². The number of alkyl halides is 3. The molecule has 20 heavy (non-hydrogen) atoms. The van der Waals surface area contributed by atoms with Gasteiger partial charge < -0.3 is 14.8 Å². The van der Waals surface area contributed by atoms with Crippen molar-refractivity contribution in [1.82, 2.24) is 0 Å². The second-order valence-electron chi connectivity index (χ2n) is 3.79. The fraction of sp³-hybridized carbons (Fsp3) is 0.417. The van der Waals surface area contributed by atoms with E-state index in [9.17, 15) is 13.2 Å². The molecule has 0 fully saturated rings. The molecule has 1 unspecified atom stereocenters. The molecule has 1 atom stereocenters. The van der Waals surface area contributed by atoms with Crippen LogP contribution in [-0.2, 0) is 0 Å². The zero-order valence-electron chi connectivity index (χ0n) is 10.7. The minimum atomic E-state index is -4.59. The summed E-state index contributed by atoms with van der Waals surface area (Å²) in [5, 5.41) is 11.3. The number of hydrogen-bond donors (Lipinski definition) is 1. The van der Waals surface area contributed by atoms with Crippen molar-refractivity contribution in [2.24, 2.45) is 5.92 Å². The molecule has 0 aliphatic carbocycles. The molecular weight excluding hydrogens is 297 g/mol. The number of hydrogen-bond acceptors (Lipinski definition) is 4. The summed E-state index contributed by atoms with van der Waals surface area (Å²) in [6, 6.07) is 4.03. The van der Waals surface area contributed by atoms with Crippen LogP contribution in [0.3, 0.4) is 0 Å². The smallest absolute Gasteiger partial charge is 0.406 e. The molecule has 1 aromatic rings. The monoisotopic (exact) mass is 308 g/mol. The van der Waals surface area contributed by atoms with E-state index in [1.165, 1.54) is 32.4 Å². The van der Waals surface area contributed by atoms with Gasteiger partial charge in [-0.15, -0.1) is 0 Å². The van der Waals surface area contributed by atoms with Gasteiger partial charge in [-0.25, -0.2) is 0 Å². The number of nitriles is 1. The first-order valence-corrected chi connectivity index (χ1v) is 5.83. The maximum Gasteiger partial charge on any atom is 0.406 e. The van der Waals surface area contributed by atoms with Crippen molar-refractivity contribution in [3.8, 4) is 17.6 Å². The van der Waals surface area contributed by atoms with Crippen molar-refractivity contribution in [1.29, 1.82) is 5.26 Å². The van der Waals surface area contributed by atoms with Gasteiger partial charge in [0.2, 0.25) is 0 Å². The van der Waals surface area contributed by atoms with Crippen LogP contribution in [0.4, 0.5) is 18.9 Å². The van der Waals surface area contributed by atoms with E-state index in [4.69, 9.17) is 26.3 Å². The number of anilines is 1. The van der Waals surface area contributed by atoms with Crippen molar-refractivity contribution < 1.29 is 22.6 Å². The third-order valence-electron chi connectivity index (χ3n) is 2.52. The van der Waals surface area contributed by atoms with Crippen LogP contribution < -0.4 is 14.8 Å². The summed E-state index contributed by atoms with van der Waals surface area (Å²) in [5.74, 6) is -1.57. The van der Waals surface area contributed by atoms with Crippen LogP contribution in [0.5, 0.6) is 11.5 Å². The van der Waals surface area contributed by atoms with E-state index in [1.54, 1.807) is 0 Å². The van der Waals surface area contributed by atoms with Gasteiger partial charge in [0, 0.05) is 18.7 Å². The molecular formula is C12H12ClF3N2O2. The van der Waals surface area contributed by atoms with Gasteiger partial charge in [-0.05, 0) is 0 Å². The van der Waals surface area contributed by atoms with Crippen molar-refractivity contribution in [3.63, 3.8) is 0 Å². The summed E-state index contributed by atoms with van der Waals surface area (Å²) < 4.78 is 47.4. The van der Waals surface area contributed by atoms with E-state index in [-0.39, 0.29) is 22.2 Å². The normalized spacial score (nSPS) is 12.4. The van der Waals surface area contributed by atoms with Crippen LogP contribution in [0, 0.1) is 17.2 Å². The maximum absolute atomic E-state index is 12.5. The summed E-state index contributed by atoms with van der Waals surface area (Å²) in [6.07, 6.45) is -4.59. The Morgan fingerprint density at radius 1 is 1.30 bits per heavy atom. The molecule has 0 amide bonds. The Kier molecular flexibility index (Phi) is 5.34. The molecule has 1 aromatic carbocycles. The number of methoxy groups -OCH3 is 2. The van der Waals surface area contributed by atoms with Crippen molar-refractivity contribution in [2.75, 3.05) is 26.1 Å². The highest BCUT2D eigenvalue weighted by Crippen LogP contribution is 2.36. The lowest BCUT2D eigenvalue weighted by atomic mass is 10.1. The van der Waals surface area contributed by atoms with Gasteiger partial charge in [-0.2, -0.15) is 18.4 Å². The van der Waals surface area contributed by atoms with Crippen LogP contribution in [0.25, 0.3) is 0 Å². The highest BCUT2D eigenvalue weighted by atomic mass is 35.5. The first-order chi connectivity index (χ1) is 9.33. The zero-order chi connectivity index (χ0) is 15.3. The second-order valence-corrected chi connectivity index (χ2v) is 4.20. The van der Waals surface area contributed by atoms with Gasteiger partial charge in [-0.3, -0.25) is 0 Å². The van der Waals surface area contributed by atoms with Crippen LogP contribution in [0.2, 0.25) is 5.02 Å². The largest absolute Gasteiger partial charge is 0.495 e. The SMILES string of the molecule is COc1cc(NCC(C#N)C(F)(F)F)c(OC)cc1Cl. The van der Waals surface area contributed by atoms with Crippen molar-refractivity contribution in [3.05, 3.63) is 17.2 Å². The summed E-state index contributed by atoms with van der Waals surface area (Å²) in [5.41, 5.74) is 0.262. The van der Waals surface area contributed by atoms with E-state index in [2.05, 4.69) is 5.32 Å². The Morgan fingerprint density at radius 3 is 2.35 bits per heavy atom. The van der Waals surface area contributed by atoms with Gasteiger partial charge in [0.1, 0.15) is 11.5 Å². The fourth-order valence-corrected chi connectivity index (χ4v) is 1.68. The Bertz CT molecular complexity index is 515. The highest BCUT2D eigenvalue weighted by molar-refractivity contribution is 6.32. The number of nitrogens with one attached hydrogen (secondary N) is 1. The van der Waals surface area contributed by atoms with E-state index in [1.807, 2.05) is 0 Å². The second kappa shape index (κ2) is 6.57. The molecule has 0 radical (unpaired) electrons. The van der Waals surface area contributed by atoms with E-state index in [0.29, 0.717) is 0 Å². The minimum Gasteiger partial charge on any atom is -0.495 e. The summed E-state index contributed by atoms with van der Waals surface area (Å²) in [6.45, 7) is -0.596. The third kappa shape index (κ3) is 3.84. The predicted octanol–water partition coefficient (Wildman–Crippen LogP) is 3.47. The standard InChI is InChI=1S/C12H12ClF3N2O2/c1-19-10-4-9(11(20-2)3-8(10)13)18-6-7(5-17)12(14,15)16/h3-4,7,18H,6H2,1-2H3. The van der Waals surface area contributed by atoms with E-state index >= 15 is 0 Å². The molecule has 0 bridgehead atoms. The summed E-state index contributed by atoms with van der Waals surface area (Å²) in [7, 11) is 2.74. The lowest BCUT2D eigenvalue weighted by molar-refractivity contribution is -0.155. The zero-order valence-corrected chi connectivity index (χ0v) is 11.5. The highest BCUT2D eigenvalue weighted by Gasteiger charge is 2.39. The summed E-state index contributed by atoms with van der Waals surface area (Å²) in [4.78, 5) is 0. The summed E-state index contributed by atoms with van der Waals surface area (Å²) >= 11 is 5.88. The number of nitrogens with zero attached hydrogens (tertiary/aromatic N) is 1. The van der Waals surface area contributed by atoms with Crippen LogP contribution in [0.15, 0.2) is 12.1 Å². The lowest BCUT2D eigenvalue weighted by Crippen LogP contribution is -2.28.